The zero-order valence-corrected chi connectivity index (χ0v) is 84.3. The lowest BCUT2D eigenvalue weighted by Crippen LogP contribution is -2.49. The van der Waals surface area contributed by atoms with Gasteiger partial charge in [0.15, 0.2) is 34.8 Å². The maximum absolute atomic E-state index is 10.1. The summed E-state index contributed by atoms with van der Waals surface area (Å²) < 4.78 is 38.8. The van der Waals surface area contributed by atoms with Crippen LogP contribution in [-0.2, 0) is 80.5 Å². The Morgan fingerprint density at radius 1 is 0.503 bits per heavy atom. The van der Waals surface area contributed by atoms with Gasteiger partial charge in [-0.25, -0.2) is 39.9 Å². The van der Waals surface area contributed by atoms with Crippen molar-refractivity contribution >= 4 is 84.5 Å². The van der Waals surface area contributed by atoms with Gasteiger partial charge in [0.1, 0.15) is 84.3 Å². The summed E-state index contributed by atoms with van der Waals surface area (Å²) in [7, 11) is 0. The number of aromatic nitrogens is 11. The molecular weight excluding hydrogens is 1900 g/mol. The third kappa shape index (κ3) is 24.8. The Hall–Kier alpha value is -12.9. The van der Waals surface area contributed by atoms with Crippen molar-refractivity contribution in [2.75, 3.05) is 32.7 Å². The maximum atomic E-state index is 10.1. The normalized spacial score (nSPS) is 22.3. The highest BCUT2D eigenvalue weighted by molar-refractivity contribution is 14.1. The number of nitrogens with one attached hydrogen (secondary N) is 7. The van der Waals surface area contributed by atoms with Gasteiger partial charge in [0, 0.05) is 122 Å². The van der Waals surface area contributed by atoms with Gasteiger partial charge in [0.05, 0.1) is 40.5 Å². The number of fused-ring (bicyclic) bond motifs is 5. The van der Waals surface area contributed by atoms with Crippen molar-refractivity contribution in [1.82, 2.24) is 69.9 Å². The van der Waals surface area contributed by atoms with Crippen molar-refractivity contribution < 1.29 is 43.7 Å². The Bertz CT molecular complexity index is 6690. The first kappa shape index (κ1) is 102. The lowest BCUT2D eigenvalue weighted by molar-refractivity contribution is -0.167. The molecule has 7 aromatic heterocycles. The van der Waals surface area contributed by atoms with Crippen LogP contribution in [0.5, 0.6) is 0 Å². The van der Waals surface area contributed by atoms with Crippen molar-refractivity contribution in [3.63, 3.8) is 0 Å². The average Bonchev–Trinajstić information content (AvgIpc) is 1.57. The molecule has 0 spiro atoms. The van der Waals surface area contributed by atoms with Gasteiger partial charge in [0.25, 0.3) is 0 Å². The molecule has 0 amide bonds. The molecule has 21 rings (SSSR count). The molecular formula is C115H129IN18O9. The van der Waals surface area contributed by atoms with Crippen molar-refractivity contribution in [2.24, 2.45) is 5.92 Å². The number of ether oxygens (including phenoxy) is 6. The van der Waals surface area contributed by atoms with Crippen molar-refractivity contribution in [1.29, 1.82) is 0 Å². The topological polar surface area (TPSA) is 347 Å². The third-order valence-electron chi connectivity index (χ3n) is 27.2. The molecule has 28 heteroatoms. The van der Waals surface area contributed by atoms with Crippen LogP contribution in [0.3, 0.4) is 0 Å². The van der Waals surface area contributed by atoms with Gasteiger partial charge in [-0.15, -0.1) is 13.2 Å². The number of alkyl halides is 1. The van der Waals surface area contributed by atoms with Gasteiger partial charge in [-0.05, 0) is 130 Å². The molecule has 8 aromatic carbocycles. The molecule has 4 saturated heterocycles. The minimum atomic E-state index is -0.917. The van der Waals surface area contributed by atoms with Gasteiger partial charge in [0.2, 0.25) is 0 Å². The van der Waals surface area contributed by atoms with Gasteiger partial charge in [-0.1, -0.05) is 296 Å². The molecule has 15 atom stereocenters. The number of H-pyrrole nitrogens is 3. The molecule has 0 unspecified atom stereocenters. The number of anilines is 4. The van der Waals surface area contributed by atoms with E-state index in [-0.39, 0.29) is 79.2 Å². The number of nitrogens with zero attached hydrogens (tertiary/aromatic N) is 10. The van der Waals surface area contributed by atoms with Crippen LogP contribution in [0, 0.1) is 5.92 Å². The van der Waals surface area contributed by atoms with Gasteiger partial charge in [-0.3, -0.25) is 9.80 Å². The summed E-state index contributed by atoms with van der Waals surface area (Å²) in [5.74, 6) is 0.292. The summed E-state index contributed by atoms with van der Waals surface area (Å²) >= 11 is 2.48. The number of allylic oxidation sites excluding steroid dienone is 3. The molecule has 0 radical (unpaired) electrons. The molecule has 4 aliphatic heterocycles. The number of aliphatic hydroxyl groups excluding tert-OH is 3. The summed E-state index contributed by atoms with van der Waals surface area (Å²) in [5, 5.41) is 43.1. The Balaban J connectivity index is 0.000000128. The molecule has 0 bridgehead atoms. The smallest absolute Gasteiger partial charge is 0.164 e. The van der Waals surface area contributed by atoms with E-state index in [4.69, 9.17) is 44.1 Å². The Morgan fingerprint density at radius 3 is 1.54 bits per heavy atom. The summed E-state index contributed by atoms with van der Waals surface area (Å²) in [6.07, 6.45) is 21.3. The molecule has 2 aliphatic carbocycles. The van der Waals surface area contributed by atoms with Crippen LogP contribution >= 0.6 is 22.6 Å². The van der Waals surface area contributed by atoms with E-state index >= 15 is 0 Å². The molecule has 6 aliphatic rings. The van der Waals surface area contributed by atoms with E-state index in [1.54, 1.807) is 31.3 Å². The van der Waals surface area contributed by atoms with E-state index in [1.165, 1.54) is 50.8 Å². The van der Waals surface area contributed by atoms with Crippen LogP contribution in [0.25, 0.3) is 38.7 Å². The minimum absolute atomic E-state index is 0.00219. The third-order valence-corrected chi connectivity index (χ3v) is 28.1. The molecule has 12 N–H and O–H groups in total. The Morgan fingerprint density at radius 2 is 0.965 bits per heavy atom. The van der Waals surface area contributed by atoms with Crippen LogP contribution in [0.15, 0.2) is 330 Å². The summed E-state index contributed by atoms with van der Waals surface area (Å²) in [5.41, 5.74) is 26.9. The van der Waals surface area contributed by atoms with Crippen LogP contribution in [0.1, 0.15) is 158 Å². The number of halogens is 1. The van der Waals surface area contributed by atoms with Crippen molar-refractivity contribution in [3.8, 4) is 0 Å². The predicted molar refractivity (Wildman–Crippen MR) is 572 cm³/mol. The first-order valence-electron chi connectivity index (χ1n) is 49.1. The summed E-state index contributed by atoms with van der Waals surface area (Å²) in [6, 6.07) is 84.5. The molecule has 5 fully saturated rings. The van der Waals surface area contributed by atoms with Gasteiger partial charge in [-0.2, -0.15) is 0 Å². The second-order valence-electron chi connectivity index (χ2n) is 38.2. The fourth-order valence-corrected chi connectivity index (χ4v) is 21.1. The number of aliphatic hydroxyl groups is 3. The Labute approximate surface area is 850 Å². The monoisotopic (exact) mass is 2030 g/mol. The van der Waals surface area contributed by atoms with E-state index in [2.05, 4.69) is 326 Å². The maximum Gasteiger partial charge on any atom is 0.164 e. The second-order valence-corrected chi connectivity index (χ2v) is 39.1. The minimum Gasteiger partial charge on any atom is -0.396 e. The fraction of sp³-hybridized carbons (Fsp3) is 0.322. The van der Waals surface area contributed by atoms with Crippen LogP contribution in [-0.4, -0.2) is 169 Å². The van der Waals surface area contributed by atoms with Crippen molar-refractivity contribution in [2.45, 2.75) is 216 Å². The molecule has 15 aromatic rings. The van der Waals surface area contributed by atoms with E-state index in [9.17, 15) is 15.3 Å². The number of nitrogen functional groups attached to an aromatic ring is 1. The average molecular weight is 2030 g/mol. The number of nitrogens with two attached hydrogens (primary N) is 1. The van der Waals surface area contributed by atoms with Crippen LogP contribution < -0.4 is 27.0 Å². The van der Waals surface area contributed by atoms with E-state index in [0.717, 1.165) is 110 Å². The zero-order valence-electron chi connectivity index (χ0n) is 82.1. The lowest BCUT2D eigenvalue weighted by atomic mass is 9.93. The second kappa shape index (κ2) is 47.1. The number of aromatic amines is 3. The first-order chi connectivity index (χ1) is 69.5. The highest BCUT2D eigenvalue weighted by atomic mass is 127. The largest absolute Gasteiger partial charge is 0.396 e. The summed E-state index contributed by atoms with van der Waals surface area (Å²) in [6.45, 7) is 28.7. The SMILES string of the molecule is C=C[C@H]1OC(C)(C)O[C@H]1/C=C/C1=CCc2c(NCc3ccccc3)ncnc21.C=C[C@H]1OC(C)(C)O[C@H]1[C@H](Cc1c[nH]c2c(NCc3ccccc3)ncnc12)N(Cc1ccccc1)[C@H](C)c1ccccc1.CC1(C)O[C@@H]2[C@H](O1)[C@@H](CI)N(Cc1ccccc1)[C@H]2c1c[nH]c2c(NCc3ccccc3)ncnc12.C[C@@H](NCc1ccccc1)c1ccccc1.Nc1ncnc2c([C@@H]3C[C@H](CO)[C@@H](O)[C@H]3O)c[nH]c12. The standard InChI is InChI=1S/C37H41N5O2.C28H30IN5O2.C23H25N3O2.C15H17N.C12H16N4O3/c1-5-32-35(44-37(3,4)43-32)31(42(24-28-17-11-7-12-18-28)26(2)29-19-13-8-14-20-29)21-30-23-38-34-33(30)40-25-41-36(34)39-22-27-15-9-6-10-16-27;1-28(2)35-25-21(13-29)34(16-19-11-7-4-8-12-19)24(26(25)36-28)20-15-30-23-22(20)32-17-33-27(23)31-14-18-9-5-3-6-10-18;1-4-19-20(28-23(2,3)27-19)13-11-17-10-12-18-21(17)25-15-26-22(18)24-14-16-8-6-5-7-9-16;1-13(15-10-6-3-7-11-15)16-12-14-8-4-2-5-9-14;13-12-9-8(15-4-16-12)7(2-14-9)6-1-5(3-17)10(18)11(6)19/h5-20,23,25-26,31-32,35,38H,1,21-22,24H2,2-4H3,(H,39,40,41);3-12,15,17,21,24-26,30H,13-14,16H2,1-2H3,(H,31,32,33);4-11,13,15,19-20H,1,12,14H2,2-3H3,(H,24,25,26);2-11,13,16H,12H2,1H3;2,4-6,10-11,14,17-19H,1,3H2,(H2,13,15,16)/b;;13-11+;;/t26-,31+,32-,35+;21-,24+,25-,26+;19-,20+;13-;5-,6+,10-,11+/m11111/s1. The number of hydrogen-bond donors (Lipinski definition) is 11. The highest BCUT2D eigenvalue weighted by Crippen LogP contribution is 2.51. The number of hydrogen-bond acceptors (Lipinski definition) is 24. The van der Waals surface area contributed by atoms with E-state index in [1.807, 2.05) is 120 Å². The predicted octanol–water partition coefficient (Wildman–Crippen LogP) is 20.1. The summed E-state index contributed by atoms with van der Waals surface area (Å²) in [4.78, 5) is 50.7. The lowest BCUT2D eigenvalue weighted by Gasteiger charge is -2.40. The van der Waals surface area contributed by atoms with Crippen LogP contribution in [0.2, 0.25) is 0 Å². The Kier molecular flexibility index (Phi) is 33.5. The zero-order chi connectivity index (χ0) is 99.6. The van der Waals surface area contributed by atoms with E-state index in [0.29, 0.717) is 48.8 Å². The number of likely N-dealkylation sites (tertiary alicyclic amines) is 1. The fourth-order valence-electron chi connectivity index (χ4n) is 20.0. The quantitative estimate of drug-likeness (QED) is 0.0109. The van der Waals surface area contributed by atoms with Crippen LogP contribution in [0.4, 0.5) is 23.3 Å². The number of benzene rings is 8. The molecule has 740 valence electrons. The molecule has 143 heavy (non-hydrogen) atoms. The number of rotatable bonds is 31. The van der Waals surface area contributed by atoms with Crippen molar-refractivity contribution in [3.05, 3.63) is 403 Å². The van der Waals surface area contributed by atoms with E-state index < -0.39 is 29.6 Å². The van der Waals surface area contributed by atoms with Gasteiger partial charge >= 0.3 is 0 Å². The highest BCUT2D eigenvalue weighted by Gasteiger charge is 2.59. The van der Waals surface area contributed by atoms with Gasteiger partial charge < -0.3 is 85.7 Å². The molecule has 1 saturated carbocycles. The molecule has 11 heterocycles. The first-order valence-corrected chi connectivity index (χ1v) is 50.6. The molecule has 27 nitrogen and oxygen atoms in total.